The van der Waals surface area contributed by atoms with Crippen molar-refractivity contribution in [2.75, 3.05) is 0 Å². The van der Waals surface area contributed by atoms with Gasteiger partial charge < -0.3 is 5.73 Å². The normalized spacial score (nSPS) is 10.3. The molecular formula is C11H8F2N4S. The Balaban J connectivity index is 2.23. The first-order chi connectivity index (χ1) is 8.56. The van der Waals surface area contributed by atoms with Crippen LogP contribution in [0.25, 0.3) is 0 Å². The molecule has 92 valence electrons. The molecule has 1 heterocycles. The Bertz CT molecular complexity index is 586. The van der Waals surface area contributed by atoms with E-state index in [2.05, 4.69) is 9.97 Å². The molecule has 4 nitrogen and oxygen atoms in total. The van der Waals surface area contributed by atoms with Crippen LogP contribution >= 0.6 is 11.8 Å². The van der Waals surface area contributed by atoms with Crippen LogP contribution in [0.1, 0.15) is 5.69 Å². The minimum Gasteiger partial charge on any atom is -0.382 e. The number of hydrogen-bond acceptors (Lipinski definition) is 4. The number of amidine groups is 1. The molecule has 0 spiro atoms. The number of nitrogen functional groups attached to an aromatic ring is 1. The minimum atomic E-state index is -0.529. The summed E-state index contributed by atoms with van der Waals surface area (Å²) in [5.41, 5.74) is 5.46. The number of aromatic nitrogens is 2. The van der Waals surface area contributed by atoms with Crippen molar-refractivity contribution in [2.45, 2.75) is 9.92 Å². The smallest absolute Gasteiger partial charge is 0.143 e. The fourth-order valence-electron chi connectivity index (χ4n) is 1.18. The SMILES string of the molecule is N=C(N)c1cnc(Sc2cc(F)ccc2F)cn1. The molecule has 0 amide bonds. The van der Waals surface area contributed by atoms with Crippen LogP contribution in [0.4, 0.5) is 8.78 Å². The molecule has 3 N–H and O–H groups in total. The largest absolute Gasteiger partial charge is 0.382 e. The van der Waals surface area contributed by atoms with Gasteiger partial charge in [-0.25, -0.2) is 18.7 Å². The Morgan fingerprint density at radius 1 is 1.22 bits per heavy atom. The molecule has 18 heavy (non-hydrogen) atoms. The number of nitrogens with zero attached hydrogens (tertiary/aromatic N) is 2. The van der Waals surface area contributed by atoms with Crippen molar-refractivity contribution in [3.8, 4) is 0 Å². The summed E-state index contributed by atoms with van der Waals surface area (Å²) in [4.78, 5) is 7.96. The lowest BCUT2D eigenvalue weighted by Crippen LogP contribution is -2.13. The second-order valence-electron chi connectivity index (χ2n) is 3.33. The number of nitrogens with one attached hydrogen (secondary N) is 1. The van der Waals surface area contributed by atoms with Gasteiger partial charge in [-0.1, -0.05) is 11.8 Å². The van der Waals surface area contributed by atoms with Crippen molar-refractivity contribution in [1.29, 1.82) is 5.41 Å². The van der Waals surface area contributed by atoms with Gasteiger partial charge in [0.2, 0.25) is 0 Å². The molecule has 2 aromatic rings. The van der Waals surface area contributed by atoms with Gasteiger partial charge in [0.05, 0.1) is 17.3 Å². The lowest BCUT2D eigenvalue weighted by atomic mass is 10.3. The van der Waals surface area contributed by atoms with Gasteiger partial charge in [-0.3, -0.25) is 5.41 Å². The molecular weight excluding hydrogens is 258 g/mol. The second-order valence-corrected chi connectivity index (χ2v) is 4.39. The summed E-state index contributed by atoms with van der Waals surface area (Å²) >= 11 is 0.949. The van der Waals surface area contributed by atoms with Crippen LogP contribution in [0.5, 0.6) is 0 Å². The van der Waals surface area contributed by atoms with E-state index in [1.807, 2.05) is 0 Å². The molecule has 0 aliphatic heterocycles. The Morgan fingerprint density at radius 2 is 2.00 bits per heavy atom. The highest BCUT2D eigenvalue weighted by atomic mass is 32.2. The standard InChI is InChI=1S/C11H8F2N4S/c12-6-1-2-7(13)9(3-6)18-10-5-16-8(4-17-10)11(14)15/h1-5H,(H3,14,15). The molecule has 0 radical (unpaired) electrons. The van der Waals surface area contributed by atoms with Gasteiger partial charge in [0.1, 0.15) is 28.2 Å². The first-order valence-electron chi connectivity index (χ1n) is 4.85. The summed E-state index contributed by atoms with van der Waals surface area (Å²) in [5.74, 6) is -1.25. The lowest BCUT2D eigenvalue weighted by molar-refractivity contribution is 0.577. The third kappa shape index (κ3) is 2.80. The average Bonchev–Trinajstić information content (AvgIpc) is 2.34. The van der Waals surface area contributed by atoms with Crippen LogP contribution < -0.4 is 5.73 Å². The van der Waals surface area contributed by atoms with Crippen molar-refractivity contribution in [1.82, 2.24) is 9.97 Å². The van der Waals surface area contributed by atoms with Gasteiger partial charge in [-0.2, -0.15) is 0 Å². The fourth-order valence-corrected chi connectivity index (χ4v) is 1.95. The van der Waals surface area contributed by atoms with Crippen molar-refractivity contribution in [3.63, 3.8) is 0 Å². The maximum Gasteiger partial charge on any atom is 0.143 e. The number of nitrogens with two attached hydrogens (primary N) is 1. The molecule has 0 saturated heterocycles. The highest BCUT2D eigenvalue weighted by Crippen LogP contribution is 2.28. The maximum absolute atomic E-state index is 13.4. The van der Waals surface area contributed by atoms with Gasteiger partial charge in [0.25, 0.3) is 0 Å². The zero-order valence-corrected chi connectivity index (χ0v) is 9.84. The van der Waals surface area contributed by atoms with E-state index in [1.165, 1.54) is 12.4 Å². The maximum atomic E-state index is 13.4. The van der Waals surface area contributed by atoms with E-state index in [4.69, 9.17) is 11.1 Å². The van der Waals surface area contributed by atoms with Crippen LogP contribution in [0, 0.1) is 17.0 Å². The summed E-state index contributed by atoms with van der Waals surface area (Å²) in [6, 6.07) is 3.18. The van der Waals surface area contributed by atoms with E-state index in [0.717, 1.165) is 30.0 Å². The second kappa shape index (κ2) is 5.09. The predicted octanol–water partition coefficient (Wildman–Crippen LogP) is 2.19. The molecule has 7 heteroatoms. The van der Waals surface area contributed by atoms with Crippen LogP contribution in [0.2, 0.25) is 0 Å². The van der Waals surface area contributed by atoms with Crippen LogP contribution in [0.3, 0.4) is 0 Å². The third-order valence-corrected chi connectivity index (χ3v) is 2.96. The minimum absolute atomic E-state index is 0.125. The zero-order chi connectivity index (χ0) is 13.1. The molecule has 0 saturated carbocycles. The number of halogens is 2. The van der Waals surface area contributed by atoms with Crippen LogP contribution in [-0.2, 0) is 0 Å². The molecule has 0 atom stereocenters. The first-order valence-corrected chi connectivity index (χ1v) is 5.67. The van der Waals surface area contributed by atoms with E-state index >= 15 is 0 Å². The molecule has 0 fully saturated rings. The van der Waals surface area contributed by atoms with Gasteiger partial charge in [-0.15, -0.1) is 0 Å². The van der Waals surface area contributed by atoms with E-state index in [-0.39, 0.29) is 16.4 Å². The fraction of sp³-hybridized carbons (Fsp3) is 0. The lowest BCUT2D eigenvalue weighted by Gasteiger charge is -2.03. The molecule has 2 rings (SSSR count). The Labute approximate surface area is 106 Å². The summed E-state index contributed by atoms with van der Waals surface area (Å²) in [5, 5.41) is 7.54. The van der Waals surface area contributed by atoms with E-state index < -0.39 is 11.6 Å². The van der Waals surface area contributed by atoms with Crippen molar-refractivity contribution < 1.29 is 8.78 Å². The van der Waals surface area contributed by atoms with Crippen molar-refractivity contribution in [3.05, 3.63) is 47.9 Å². The van der Waals surface area contributed by atoms with Crippen molar-refractivity contribution >= 4 is 17.6 Å². The van der Waals surface area contributed by atoms with Crippen LogP contribution in [0.15, 0.2) is 40.5 Å². The highest BCUT2D eigenvalue weighted by Gasteiger charge is 2.07. The average molecular weight is 266 g/mol. The molecule has 0 unspecified atom stereocenters. The summed E-state index contributed by atoms with van der Waals surface area (Å²) in [6.45, 7) is 0. The number of hydrogen-bond donors (Lipinski definition) is 2. The number of rotatable bonds is 3. The molecule has 0 aliphatic rings. The van der Waals surface area contributed by atoms with E-state index in [0.29, 0.717) is 5.03 Å². The molecule has 1 aromatic heterocycles. The topological polar surface area (TPSA) is 75.7 Å². The Hall–Kier alpha value is -2.02. The van der Waals surface area contributed by atoms with Gasteiger partial charge in [0, 0.05) is 0 Å². The number of benzene rings is 1. The zero-order valence-electron chi connectivity index (χ0n) is 9.02. The first kappa shape index (κ1) is 12.4. The summed E-state index contributed by atoms with van der Waals surface area (Å²) < 4.78 is 26.3. The summed E-state index contributed by atoms with van der Waals surface area (Å²) in [7, 11) is 0. The molecule has 1 aromatic carbocycles. The van der Waals surface area contributed by atoms with Gasteiger partial charge in [-0.05, 0) is 18.2 Å². The highest BCUT2D eigenvalue weighted by molar-refractivity contribution is 7.99. The van der Waals surface area contributed by atoms with E-state index in [1.54, 1.807) is 0 Å². The predicted molar refractivity (Wildman–Crippen MR) is 63.5 cm³/mol. The van der Waals surface area contributed by atoms with E-state index in [9.17, 15) is 8.78 Å². The third-order valence-electron chi connectivity index (χ3n) is 2.01. The Kier molecular flexibility index (Phi) is 3.52. The van der Waals surface area contributed by atoms with Crippen molar-refractivity contribution in [2.24, 2.45) is 5.73 Å². The summed E-state index contributed by atoms with van der Waals surface area (Å²) in [6.07, 6.45) is 2.66. The molecule has 0 bridgehead atoms. The molecule has 0 aliphatic carbocycles. The Morgan fingerprint density at radius 3 is 2.61 bits per heavy atom. The van der Waals surface area contributed by atoms with Gasteiger partial charge in [0.15, 0.2) is 0 Å². The quantitative estimate of drug-likeness (QED) is 0.659. The monoisotopic (exact) mass is 266 g/mol. The van der Waals surface area contributed by atoms with Crippen LogP contribution in [-0.4, -0.2) is 15.8 Å². The van der Waals surface area contributed by atoms with Gasteiger partial charge >= 0.3 is 0 Å².